The van der Waals surface area contributed by atoms with Crippen LogP contribution in [0.1, 0.15) is 24.5 Å². The fraction of sp³-hybridized carbons (Fsp3) is 0.565. The van der Waals surface area contributed by atoms with Gasteiger partial charge in [0, 0.05) is 18.4 Å². The maximum Gasteiger partial charge on any atom is 0.336 e. The number of hydrogen-bond acceptors (Lipinski definition) is 16. The molecule has 0 radical (unpaired) electrons. The van der Waals surface area contributed by atoms with Crippen molar-refractivity contribution in [3.8, 4) is 0 Å². The van der Waals surface area contributed by atoms with Gasteiger partial charge in [-0.3, -0.25) is 9.36 Å². The third kappa shape index (κ3) is 5.52. The van der Waals surface area contributed by atoms with Gasteiger partial charge in [0.1, 0.15) is 29.9 Å². The molecule has 7 rings (SSSR count). The first-order chi connectivity index (χ1) is 21.9. The maximum atomic E-state index is 13.4. The molecule has 0 amide bonds. The highest BCUT2D eigenvalue weighted by Crippen LogP contribution is 2.52. The summed E-state index contributed by atoms with van der Waals surface area (Å²) in [6, 6.07) is -0.737. The van der Waals surface area contributed by atoms with Gasteiger partial charge in [-0.05, 0) is 25.2 Å². The summed E-state index contributed by atoms with van der Waals surface area (Å²) in [4.78, 5) is 46.9. The van der Waals surface area contributed by atoms with Gasteiger partial charge in [0.05, 0.1) is 44.1 Å². The highest BCUT2D eigenvalue weighted by Gasteiger charge is 2.52. The van der Waals surface area contributed by atoms with Gasteiger partial charge in [-0.1, -0.05) is 0 Å². The number of H-pyrrole nitrogens is 1. The SMILES string of the molecule is Cc1nc2c(ncn2C2OC3COP(O)(=S)OC4C(CNS(=O)(=O)OC2C3CO)CC(n2cnc3c(N)ncnc32)C4O)c(=O)[nH]1. The average molecular weight is 701 g/mol. The van der Waals surface area contributed by atoms with Crippen LogP contribution >= 0.6 is 6.72 Å². The second-order valence-corrected chi connectivity index (χ2v) is 15.4. The summed E-state index contributed by atoms with van der Waals surface area (Å²) in [5.74, 6) is -1.36. The summed E-state index contributed by atoms with van der Waals surface area (Å²) in [5, 5.41) is 21.7. The summed E-state index contributed by atoms with van der Waals surface area (Å²) in [5.41, 5.74) is 6.11. The van der Waals surface area contributed by atoms with E-state index in [-0.39, 0.29) is 35.8 Å². The fourth-order valence-corrected chi connectivity index (χ4v) is 8.79. The fourth-order valence-electron chi connectivity index (χ4n) is 6.29. The smallest absolute Gasteiger partial charge is 0.336 e. The van der Waals surface area contributed by atoms with E-state index in [0.717, 1.165) is 0 Å². The van der Waals surface area contributed by atoms with Crippen LogP contribution < -0.4 is 16.0 Å². The molecule has 23 heteroatoms. The topological polar surface area (TPSA) is 277 Å². The Bertz CT molecular complexity index is 2020. The van der Waals surface area contributed by atoms with Crippen molar-refractivity contribution in [1.82, 2.24) is 43.8 Å². The van der Waals surface area contributed by atoms with E-state index >= 15 is 0 Å². The van der Waals surface area contributed by atoms with Crippen molar-refractivity contribution in [3.63, 3.8) is 0 Å². The lowest BCUT2D eigenvalue weighted by Gasteiger charge is -2.28. The second-order valence-electron chi connectivity index (χ2n) is 11.2. The van der Waals surface area contributed by atoms with Crippen molar-refractivity contribution in [1.29, 1.82) is 0 Å². The number of fused-ring (bicyclic) bond motifs is 5. The van der Waals surface area contributed by atoms with Crippen LogP contribution in [0.3, 0.4) is 0 Å². The molecular formula is C23H29N10O10PS2. The van der Waals surface area contributed by atoms with Gasteiger partial charge in [-0.25, -0.2) is 29.1 Å². The monoisotopic (exact) mass is 700 g/mol. The van der Waals surface area contributed by atoms with E-state index in [1.54, 1.807) is 11.5 Å². The number of nitrogens with zero attached hydrogens (tertiary/aromatic N) is 7. The van der Waals surface area contributed by atoms with E-state index in [4.69, 9.17) is 35.5 Å². The van der Waals surface area contributed by atoms with E-state index < -0.39 is 84.3 Å². The first-order valence-electron chi connectivity index (χ1n) is 14.0. The van der Waals surface area contributed by atoms with Crippen LogP contribution in [0.15, 0.2) is 23.8 Å². The molecule has 3 aliphatic rings. The number of ether oxygens (including phenoxy) is 1. The minimum Gasteiger partial charge on any atom is -0.396 e. The lowest BCUT2D eigenvalue weighted by molar-refractivity contribution is -0.0481. The number of anilines is 1. The van der Waals surface area contributed by atoms with Crippen LogP contribution in [-0.2, 0) is 40.1 Å². The van der Waals surface area contributed by atoms with Crippen molar-refractivity contribution in [3.05, 3.63) is 35.2 Å². The number of aliphatic hydroxyl groups excluding tert-OH is 2. The van der Waals surface area contributed by atoms with Crippen LogP contribution in [0.5, 0.6) is 0 Å². The number of aliphatic hydroxyl groups is 2. The molecule has 9 unspecified atom stereocenters. The number of aromatic amines is 1. The highest BCUT2D eigenvalue weighted by atomic mass is 32.5. The van der Waals surface area contributed by atoms with Crippen LogP contribution in [0.4, 0.5) is 5.82 Å². The van der Waals surface area contributed by atoms with Crippen molar-refractivity contribution in [2.24, 2.45) is 11.8 Å². The quantitative estimate of drug-likeness (QED) is 0.128. The molecule has 4 aromatic heterocycles. The Hall–Kier alpha value is -3.02. The van der Waals surface area contributed by atoms with Gasteiger partial charge >= 0.3 is 17.0 Å². The molecule has 0 spiro atoms. The molecule has 2 bridgehead atoms. The summed E-state index contributed by atoms with van der Waals surface area (Å²) >= 11 is 5.31. The third-order valence-electron chi connectivity index (χ3n) is 8.43. The normalized spacial score (nSPS) is 35.0. The number of nitrogens with one attached hydrogen (secondary N) is 2. The lowest BCUT2D eigenvalue weighted by Crippen LogP contribution is -2.41. The zero-order chi connectivity index (χ0) is 32.5. The Labute approximate surface area is 264 Å². The van der Waals surface area contributed by atoms with Crippen LogP contribution in [0.25, 0.3) is 22.3 Å². The van der Waals surface area contributed by atoms with E-state index in [1.807, 2.05) is 0 Å². The molecule has 46 heavy (non-hydrogen) atoms. The lowest BCUT2D eigenvalue weighted by atomic mass is 9.99. The Morgan fingerprint density at radius 1 is 1.15 bits per heavy atom. The van der Waals surface area contributed by atoms with E-state index in [1.165, 1.54) is 23.5 Å². The van der Waals surface area contributed by atoms with E-state index in [0.29, 0.717) is 11.2 Å². The minimum absolute atomic E-state index is 0.0250. The zero-order valence-electron chi connectivity index (χ0n) is 23.9. The molecule has 6 heterocycles. The molecular weight excluding hydrogens is 671 g/mol. The first-order valence-corrected chi connectivity index (χ1v) is 18.0. The maximum absolute atomic E-state index is 13.4. The largest absolute Gasteiger partial charge is 0.396 e. The molecule has 4 aromatic rings. The highest BCUT2D eigenvalue weighted by molar-refractivity contribution is 8.07. The van der Waals surface area contributed by atoms with E-state index in [2.05, 4.69) is 34.6 Å². The molecule has 1 saturated carbocycles. The van der Waals surface area contributed by atoms with Gasteiger partial charge in [0.2, 0.25) is 0 Å². The molecule has 3 fully saturated rings. The van der Waals surface area contributed by atoms with Crippen LogP contribution in [-0.4, -0.2) is 107 Å². The van der Waals surface area contributed by atoms with Gasteiger partial charge < -0.3 is 44.2 Å². The second kappa shape index (κ2) is 11.6. The Balaban J connectivity index is 1.22. The molecule has 248 valence electrons. The van der Waals surface area contributed by atoms with Crippen molar-refractivity contribution < 1.29 is 41.5 Å². The number of imidazole rings is 2. The van der Waals surface area contributed by atoms with Crippen molar-refractivity contribution >= 4 is 57.0 Å². The minimum atomic E-state index is -4.57. The molecule has 2 saturated heterocycles. The Kier molecular flexibility index (Phi) is 7.96. The number of rotatable bonds is 3. The molecule has 1 aliphatic carbocycles. The zero-order valence-corrected chi connectivity index (χ0v) is 26.4. The summed E-state index contributed by atoms with van der Waals surface area (Å²) in [6.45, 7) is -3.91. The Morgan fingerprint density at radius 3 is 2.70 bits per heavy atom. The number of hydrogen-bond donors (Lipinski definition) is 6. The molecule has 9 atom stereocenters. The molecule has 2 aliphatic heterocycles. The van der Waals surface area contributed by atoms with Gasteiger partial charge in [0.15, 0.2) is 28.9 Å². The van der Waals surface area contributed by atoms with Crippen molar-refractivity contribution in [2.45, 2.75) is 50.0 Å². The van der Waals surface area contributed by atoms with Crippen molar-refractivity contribution in [2.75, 3.05) is 25.5 Å². The third-order valence-corrected chi connectivity index (χ3v) is 11.0. The number of aryl methyl sites for hydroxylation is 1. The number of nitrogens with two attached hydrogens (primary N) is 1. The predicted octanol–water partition coefficient (Wildman–Crippen LogP) is -1.87. The van der Waals surface area contributed by atoms with Gasteiger partial charge in [-0.15, -0.1) is 0 Å². The first kappa shape index (κ1) is 31.6. The van der Waals surface area contributed by atoms with Crippen LogP contribution in [0, 0.1) is 18.8 Å². The predicted molar refractivity (Wildman–Crippen MR) is 159 cm³/mol. The Morgan fingerprint density at radius 2 is 1.91 bits per heavy atom. The molecule has 7 N–H and O–H groups in total. The molecule has 20 nitrogen and oxygen atoms in total. The summed E-state index contributed by atoms with van der Waals surface area (Å²) in [6.07, 6.45) is -2.15. The van der Waals surface area contributed by atoms with E-state index in [9.17, 15) is 28.3 Å². The number of aromatic nitrogens is 8. The van der Waals surface area contributed by atoms with Gasteiger partial charge in [-0.2, -0.15) is 13.1 Å². The number of nitrogen functional groups attached to an aromatic ring is 1. The van der Waals surface area contributed by atoms with Gasteiger partial charge in [0.25, 0.3) is 5.56 Å². The van der Waals surface area contributed by atoms with Crippen LogP contribution in [0.2, 0.25) is 0 Å². The standard InChI is InChI=1S/C23H29N10O10PS2/c1-9-30-21-15(22(36)31-9)28-8-33(21)23-18-11(4-34)13(41-23)5-40-44(37,45)42-17-10(3-29-46(38,39)43-18)2-12(16(17)35)32-7-27-14-19(24)25-6-26-20(14)32/h6-8,10-13,16-18,23,29,34-35H,2-5H2,1H3,(H,37,45)(H2,24,25,26)(H,30,31,36). The summed E-state index contributed by atoms with van der Waals surface area (Å²) in [7, 11) is -4.57. The average Bonchev–Trinajstić information content (AvgIpc) is 3.75. The molecule has 0 aromatic carbocycles. The summed E-state index contributed by atoms with van der Waals surface area (Å²) < 4.78 is 55.3.